The fourth-order valence-electron chi connectivity index (χ4n) is 3.59. The fraction of sp³-hybridized carbons (Fsp3) is 0.364. The molecule has 0 unspecified atom stereocenters. The van der Waals surface area contributed by atoms with E-state index >= 15 is 0 Å². The van der Waals surface area contributed by atoms with Gasteiger partial charge < -0.3 is 9.26 Å². The highest BCUT2D eigenvalue weighted by Gasteiger charge is 2.35. The van der Waals surface area contributed by atoms with E-state index in [0.29, 0.717) is 5.56 Å². The maximum absolute atomic E-state index is 13.4. The van der Waals surface area contributed by atoms with Crippen LogP contribution in [0.4, 0.5) is 17.6 Å². The van der Waals surface area contributed by atoms with Crippen LogP contribution in [0.15, 0.2) is 47.0 Å². The zero-order valence-electron chi connectivity index (χ0n) is 16.8. The van der Waals surface area contributed by atoms with Crippen LogP contribution in [0.5, 0.6) is 5.75 Å². The zero-order valence-corrected chi connectivity index (χ0v) is 16.8. The molecule has 0 atom stereocenters. The van der Waals surface area contributed by atoms with E-state index in [1.807, 2.05) is 24.3 Å². The van der Waals surface area contributed by atoms with E-state index in [9.17, 15) is 17.6 Å². The molecule has 9 heteroatoms. The van der Waals surface area contributed by atoms with E-state index in [2.05, 4.69) is 22.0 Å². The molecule has 1 saturated heterocycles. The van der Waals surface area contributed by atoms with E-state index in [-0.39, 0.29) is 17.3 Å². The van der Waals surface area contributed by atoms with Gasteiger partial charge >= 0.3 is 6.18 Å². The summed E-state index contributed by atoms with van der Waals surface area (Å²) in [5, 5.41) is 3.90. The summed E-state index contributed by atoms with van der Waals surface area (Å²) < 4.78 is 62.5. The van der Waals surface area contributed by atoms with Crippen molar-refractivity contribution in [2.45, 2.75) is 19.6 Å². The first kappa shape index (κ1) is 21.3. The molecule has 2 heterocycles. The van der Waals surface area contributed by atoms with Crippen molar-refractivity contribution in [3.05, 3.63) is 53.6 Å². The SMILES string of the molecule is CC1CN(Cc2ccc(-c3noc(-c4ccc(OCCF)c(C(F)(F)F)c4)n3)cc2)C1. The summed E-state index contributed by atoms with van der Waals surface area (Å²) in [5.41, 5.74) is 0.942. The lowest BCUT2D eigenvalue weighted by Gasteiger charge is -2.37. The maximum Gasteiger partial charge on any atom is 0.419 e. The van der Waals surface area contributed by atoms with E-state index in [4.69, 9.17) is 9.26 Å². The number of nitrogens with zero attached hydrogens (tertiary/aromatic N) is 3. The lowest BCUT2D eigenvalue weighted by Crippen LogP contribution is -2.44. The minimum absolute atomic E-state index is 0.0452. The summed E-state index contributed by atoms with van der Waals surface area (Å²) in [7, 11) is 0. The summed E-state index contributed by atoms with van der Waals surface area (Å²) in [5.74, 6) is 0.529. The quantitative estimate of drug-likeness (QED) is 0.476. The molecular formula is C22H21F4N3O2. The van der Waals surface area contributed by atoms with Crippen molar-refractivity contribution in [1.82, 2.24) is 15.0 Å². The van der Waals surface area contributed by atoms with Crippen molar-refractivity contribution >= 4 is 0 Å². The van der Waals surface area contributed by atoms with Crippen LogP contribution in [-0.4, -0.2) is 41.4 Å². The number of hydrogen-bond acceptors (Lipinski definition) is 5. The van der Waals surface area contributed by atoms with Crippen LogP contribution in [0, 0.1) is 5.92 Å². The topological polar surface area (TPSA) is 51.4 Å². The first-order valence-corrected chi connectivity index (χ1v) is 9.89. The van der Waals surface area contributed by atoms with Crippen LogP contribution in [0.2, 0.25) is 0 Å². The third-order valence-corrected chi connectivity index (χ3v) is 5.05. The summed E-state index contributed by atoms with van der Waals surface area (Å²) >= 11 is 0. The molecule has 0 bridgehead atoms. The van der Waals surface area contributed by atoms with Crippen LogP contribution in [0.25, 0.3) is 22.8 Å². The average Bonchev–Trinajstić information content (AvgIpc) is 3.21. The predicted octanol–water partition coefficient (Wildman–Crippen LogP) is 5.22. The Labute approximate surface area is 176 Å². The van der Waals surface area contributed by atoms with Gasteiger partial charge in [0.2, 0.25) is 5.82 Å². The van der Waals surface area contributed by atoms with Gasteiger partial charge in [-0.1, -0.05) is 36.3 Å². The largest absolute Gasteiger partial charge is 0.490 e. The highest BCUT2D eigenvalue weighted by atomic mass is 19.4. The lowest BCUT2D eigenvalue weighted by atomic mass is 10.0. The molecule has 1 aliphatic heterocycles. The van der Waals surface area contributed by atoms with Gasteiger partial charge in [0.1, 0.15) is 19.0 Å². The van der Waals surface area contributed by atoms with Gasteiger partial charge in [-0.05, 0) is 29.7 Å². The second kappa shape index (κ2) is 8.66. The molecule has 0 radical (unpaired) electrons. The number of benzene rings is 2. The molecule has 0 aliphatic carbocycles. The zero-order chi connectivity index (χ0) is 22.0. The third kappa shape index (κ3) is 4.87. The fourth-order valence-corrected chi connectivity index (χ4v) is 3.59. The van der Waals surface area contributed by atoms with Gasteiger partial charge in [0.15, 0.2) is 0 Å². The standard InChI is InChI=1S/C22H21F4N3O2/c1-14-11-29(12-14)13-15-2-4-16(5-3-15)20-27-21(31-28-20)17-6-7-19(30-9-8-23)18(10-17)22(24,25)26/h2-7,10,14H,8-9,11-13H2,1H3. The molecule has 1 aliphatic rings. The first-order chi connectivity index (χ1) is 14.8. The van der Waals surface area contributed by atoms with Gasteiger partial charge in [0.25, 0.3) is 5.89 Å². The highest BCUT2D eigenvalue weighted by Crippen LogP contribution is 2.38. The Balaban J connectivity index is 1.53. The molecule has 0 amide bonds. The smallest absolute Gasteiger partial charge is 0.419 e. The Morgan fingerprint density at radius 2 is 1.81 bits per heavy atom. The van der Waals surface area contributed by atoms with Crippen LogP contribution in [-0.2, 0) is 12.7 Å². The van der Waals surface area contributed by atoms with E-state index in [1.165, 1.54) is 6.07 Å². The van der Waals surface area contributed by atoms with E-state index < -0.39 is 30.8 Å². The summed E-state index contributed by atoms with van der Waals surface area (Å²) in [6, 6.07) is 11.0. The molecule has 1 aromatic heterocycles. The number of halogens is 4. The van der Waals surface area contributed by atoms with Crippen molar-refractivity contribution in [2.24, 2.45) is 5.92 Å². The molecule has 1 fully saturated rings. The van der Waals surface area contributed by atoms with E-state index in [0.717, 1.165) is 43.2 Å². The van der Waals surface area contributed by atoms with Crippen molar-refractivity contribution in [1.29, 1.82) is 0 Å². The van der Waals surface area contributed by atoms with Crippen LogP contribution in [0.1, 0.15) is 18.1 Å². The van der Waals surface area contributed by atoms with Crippen LogP contribution < -0.4 is 4.74 Å². The molecule has 164 valence electrons. The summed E-state index contributed by atoms with van der Waals surface area (Å²) in [6.07, 6.45) is -4.67. The first-order valence-electron chi connectivity index (χ1n) is 9.89. The lowest BCUT2D eigenvalue weighted by molar-refractivity contribution is -0.138. The number of aromatic nitrogens is 2. The molecule has 3 aromatic rings. The number of likely N-dealkylation sites (tertiary alicyclic amines) is 1. The molecule has 31 heavy (non-hydrogen) atoms. The van der Waals surface area contributed by atoms with Crippen LogP contribution >= 0.6 is 0 Å². The Morgan fingerprint density at radius 3 is 2.45 bits per heavy atom. The highest BCUT2D eigenvalue weighted by molar-refractivity contribution is 5.62. The third-order valence-electron chi connectivity index (χ3n) is 5.05. The Kier molecular flexibility index (Phi) is 5.95. The van der Waals surface area contributed by atoms with Gasteiger partial charge in [-0.15, -0.1) is 0 Å². The number of alkyl halides is 4. The van der Waals surface area contributed by atoms with Crippen LogP contribution in [0.3, 0.4) is 0 Å². The molecule has 2 aromatic carbocycles. The van der Waals surface area contributed by atoms with E-state index in [1.54, 1.807) is 0 Å². The molecule has 0 N–H and O–H groups in total. The van der Waals surface area contributed by atoms with Crippen molar-refractivity contribution in [3.8, 4) is 28.6 Å². The monoisotopic (exact) mass is 435 g/mol. The molecule has 4 rings (SSSR count). The molecule has 5 nitrogen and oxygen atoms in total. The minimum Gasteiger partial charge on any atom is -0.490 e. The molecule has 0 spiro atoms. The normalized spacial score (nSPS) is 15.1. The van der Waals surface area contributed by atoms with Crippen molar-refractivity contribution in [2.75, 3.05) is 26.4 Å². The number of rotatable bonds is 7. The number of hydrogen-bond donors (Lipinski definition) is 0. The average molecular weight is 435 g/mol. The second-order valence-corrected chi connectivity index (χ2v) is 7.67. The van der Waals surface area contributed by atoms with Gasteiger partial charge in [-0.25, -0.2) is 4.39 Å². The maximum atomic E-state index is 13.4. The van der Waals surface area contributed by atoms with Crippen molar-refractivity contribution in [3.63, 3.8) is 0 Å². The Hall–Kier alpha value is -2.94. The predicted molar refractivity (Wildman–Crippen MR) is 106 cm³/mol. The Bertz CT molecular complexity index is 1030. The number of ether oxygens (including phenoxy) is 1. The summed E-state index contributed by atoms with van der Waals surface area (Å²) in [4.78, 5) is 6.59. The second-order valence-electron chi connectivity index (χ2n) is 7.67. The minimum atomic E-state index is -4.67. The van der Waals surface area contributed by atoms with Gasteiger partial charge in [0.05, 0.1) is 5.56 Å². The van der Waals surface area contributed by atoms with Crippen molar-refractivity contribution < 1.29 is 26.8 Å². The Morgan fingerprint density at radius 1 is 1.10 bits per heavy atom. The van der Waals surface area contributed by atoms with Gasteiger partial charge in [-0.2, -0.15) is 18.2 Å². The van der Waals surface area contributed by atoms with Gasteiger partial charge in [-0.3, -0.25) is 4.90 Å². The summed E-state index contributed by atoms with van der Waals surface area (Å²) in [6.45, 7) is 3.93. The van der Waals surface area contributed by atoms with Gasteiger partial charge in [0, 0.05) is 30.8 Å². The molecular weight excluding hydrogens is 414 g/mol. The molecule has 0 saturated carbocycles.